The molecule has 0 aliphatic rings. The molecule has 0 aliphatic carbocycles. The molecule has 0 atom stereocenters. The lowest BCUT2D eigenvalue weighted by Gasteiger charge is -2.18. The highest BCUT2D eigenvalue weighted by Gasteiger charge is 2.11. The third kappa shape index (κ3) is 4.19. The minimum atomic E-state index is 0.310. The van der Waals surface area contributed by atoms with Crippen LogP contribution >= 0.6 is 11.6 Å². The zero-order valence-electron chi connectivity index (χ0n) is 12.3. The SMILES string of the molecule is CCOc1nc(NC)nc(N(C)Cc2cccc(Cl)c2)n1. The topological polar surface area (TPSA) is 63.2 Å². The van der Waals surface area contributed by atoms with Gasteiger partial charge in [-0.1, -0.05) is 23.7 Å². The molecule has 1 aromatic carbocycles. The van der Waals surface area contributed by atoms with Crippen molar-refractivity contribution >= 4 is 23.5 Å². The predicted octanol–water partition coefficient (Wildman–Crippen LogP) is 2.60. The van der Waals surface area contributed by atoms with E-state index >= 15 is 0 Å². The molecule has 0 amide bonds. The molecule has 112 valence electrons. The predicted molar refractivity (Wildman–Crippen MR) is 84.1 cm³/mol. The third-order valence-corrected chi connectivity index (χ3v) is 2.99. The molecule has 0 radical (unpaired) electrons. The van der Waals surface area contributed by atoms with E-state index in [1.54, 1.807) is 7.05 Å². The van der Waals surface area contributed by atoms with Crippen LogP contribution in [0.1, 0.15) is 12.5 Å². The number of anilines is 2. The van der Waals surface area contributed by atoms with Crippen molar-refractivity contribution in [1.82, 2.24) is 15.0 Å². The molecule has 0 spiro atoms. The third-order valence-electron chi connectivity index (χ3n) is 2.75. The molecule has 0 aliphatic heterocycles. The fourth-order valence-corrected chi connectivity index (χ4v) is 2.01. The van der Waals surface area contributed by atoms with Gasteiger partial charge in [-0.15, -0.1) is 0 Å². The summed E-state index contributed by atoms with van der Waals surface area (Å²) in [5.74, 6) is 1.01. The van der Waals surface area contributed by atoms with Crippen LogP contribution < -0.4 is 15.0 Å². The highest BCUT2D eigenvalue weighted by molar-refractivity contribution is 6.30. The fourth-order valence-electron chi connectivity index (χ4n) is 1.80. The minimum absolute atomic E-state index is 0.310. The Morgan fingerprint density at radius 1 is 1.29 bits per heavy atom. The van der Waals surface area contributed by atoms with Gasteiger partial charge in [-0.2, -0.15) is 15.0 Å². The van der Waals surface area contributed by atoms with Gasteiger partial charge in [0.1, 0.15) is 0 Å². The van der Waals surface area contributed by atoms with Crippen molar-refractivity contribution in [2.75, 3.05) is 30.9 Å². The number of aromatic nitrogens is 3. The van der Waals surface area contributed by atoms with Gasteiger partial charge in [0.05, 0.1) is 6.61 Å². The van der Waals surface area contributed by atoms with Gasteiger partial charge < -0.3 is 15.0 Å². The van der Waals surface area contributed by atoms with E-state index in [1.165, 1.54) is 0 Å². The Balaban J connectivity index is 2.21. The maximum Gasteiger partial charge on any atom is 0.323 e. The summed E-state index contributed by atoms with van der Waals surface area (Å²) in [5, 5.41) is 3.61. The summed E-state index contributed by atoms with van der Waals surface area (Å²) in [6.45, 7) is 3.03. The second-order valence-electron chi connectivity index (χ2n) is 4.41. The Bertz CT molecular complexity index is 608. The summed E-state index contributed by atoms with van der Waals surface area (Å²) in [5.41, 5.74) is 1.08. The van der Waals surface area contributed by atoms with Crippen LogP contribution in [-0.2, 0) is 6.54 Å². The van der Waals surface area contributed by atoms with Crippen LogP contribution in [0.2, 0.25) is 5.02 Å². The zero-order chi connectivity index (χ0) is 15.2. The summed E-state index contributed by atoms with van der Waals surface area (Å²) < 4.78 is 5.36. The lowest BCUT2D eigenvalue weighted by atomic mass is 10.2. The molecule has 1 heterocycles. The molecule has 2 rings (SSSR count). The van der Waals surface area contributed by atoms with Gasteiger partial charge in [0.15, 0.2) is 0 Å². The van der Waals surface area contributed by atoms with Gasteiger partial charge in [-0.25, -0.2) is 0 Å². The second kappa shape index (κ2) is 7.08. The van der Waals surface area contributed by atoms with Crippen LogP contribution in [0.15, 0.2) is 24.3 Å². The Hall–Kier alpha value is -2.08. The van der Waals surface area contributed by atoms with Crippen molar-refractivity contribution < 1.29 is 4.74 Å². The molecule has 0 unspecified atom stereocenters. The number of nitrogens with one attached hydrogen (secondary N) is 1. The van der Waals surface area contributed by atoms with Crippen LogP contribution in [0.3, 0.4) is 0 Å². The molecule has 6 nitrogen and oxygen atoms in total. The van der Waals surface area contributed by atoms with E-state index in [2.05, 4.69) is 20.3 Å². The maximum atomic E-state index is 6.00. The number of halogens is 1. The highest BCUT2D eigenvalue weighted by atomic mass is 35.5. The van der Waals surface area contributed by atoms with Gasteiger partial charge >= 0.3 is 6.01 Å². The first-order chi connectivity index (χ1) is 10.1. The van der Waals surface area contributed by atoms with Crippen LogP contribution in [0.4, 0.5) is 11.9 Å². The lowest BCUT2D eigenvalue weighted by molar-refractivity contribution is 0.312. The molecular weight excluding hydrogens is 290 g/mol. The van der Waals surface area contributed by atoms with E-state index in [0.717, 1.165) is 5.56 Å². The zero-order valence-corrected chi connectivity index (χ0v) is 13.1. The largest absolute Gasteiger partial charge is 0.464 e. The Kier molecular flexibility index (Phi) is 5.16. The highest BCUT2D eigenvalue weighted by Crippen LogP contribution is 2.17. The molecule has 0 saturated carbocycles. The minimum Gasteiger partial charge on any atom is -0.464 e. The number of hydrogen-bond acceptors (Lipinski definition) is 6. The van der Waals surface area contributed by atoms with Crippen LogP contribution in [0, 0.1) is 0 Å². The molecule has 0 bridgehead atoms. The first-order valence-corrected chi connectivity index (χ1v) is 7.02. The molecule has 21 heavy (non-hydrogen) atoms. The van der Waals surface area contributed by atoms with Gasteiger partial charge in [-0.05, 0) is 24.6 Å². The van der Waals surface area contributed by atoms with Crippen molar-refractivity contribution in [3.05, 3.63) is 34.9 Å². The summed E-state index contributed by atoms with van der Waals surface area (Å²) in [6.07, 6.45) is 0. The Morgan fingerprint density at radius 2 is 2.10 bits per heavy atom. The van der Waals surface area contributed by atoms with Crippen molar-refractivity contribution in [3.63, 3.8) is 0 Å². The van der Waals surface area contributed by atoms with E-state index in [4.69, 9.17) is 16.3 Å². The second-order valence-corrected chi connectivity index (χ2v) is 4.85. The monoisotopic (exact) mass is 307 g/mol. The molecule has 1 N–H and O–H groups in total. The van der Waals surface area contributed by atoms with E-state index in [1.807, 2.05) is 43.1 Å². The maximum absolute atomic E-state index is 6.00. The van der Waals surface area contributed by atoms with Gasteiger partial charge in [0, 0.05) is 25.7 Å². The molecule has 0 saturated heterocycles. The molecule has 7 heteroatoms. The van der Waals surface area contributed by atoms with E-state index in [9.17, 15) is 0 Å². The van der Waals surface area contributed by atoms with Gasteiger partial charge in [0.2, 0.25) is 11.9 Å². The first kappa shape index (κ1) is 15.3. The van der Waals surface area contributed by atoms with Crippen molar-refractivity contribution in [2.45, 2.75) is 13.5 Å². The average molecular weight is 308 g/mol. The van der Waals surface area contributed by atoms with Crippen molar-refractivity contribution in [2.24, 2.45) is 0 Å². The summed E-state index contributed by atoms with van der Waals surface area (Å²) in [7, 11) is 3.66. The fraction of sp³-hybridized carbons (Fsp3) is 0.357. The number of benzene rings is 1. The summed E-state index contributed by atoms with van der Waals surface area (Å²) >= 11 is 6.00. The number of hydrogen-bond donors (Lipinski definition) is 1. The number of rotatable bonds is 6. The van der Waals surface area contributed by atoms with Gasteiger partial charge in [0.25, 0.3) is 0 Å². The van der Waals surface area contributed by atoms with Crippen molar-refractivity contribution in [1.29, 1.82) is 0 Å². The Morgan fingerprint density at radius 3 is 2.76 bits per heavy atom. The number of nitrogens with zero attached hydrogens (tertiary/aromatic N) is 4. The Labute approximate surface area is 129 Å². The molecule has 2 aromatic rings. The summed E-state index contributed by atoms with van der Waals surface area (Å²) in [4.78, 5) is 14.7. The van der Waals surface area contributed by atoms with E-state index < -0.39 is 0 Å². The van der Waals surface area contributed by atoms with E-state index in [-0.39, 0.29) is 0 Å². The van der Waals surface area contributed by atoms with Crippen LogP contribution in [0.25, 0.3) is 0 Å². The van der Waals surface area contributed by atoms with Crippen molar-refractivity contribution in [3.8, 4) is 6.01 Å². The first-order valence-electron chi connectivity index (χ1n) is 6.64. The average Bonchev–Trinajstić information content (AvgIpc) is 2.47. The summed E-state index contributed by atoms with van der Waals surface area (Å²) in [6, 6.07) is 8.00. The molecular formula is C14H18ClN5O. The van der Waals surface area contributed by atoms with E-state index in [0.29, 0.717) is 36.1 Å². The number of ether oxygens (including phenoxy) is 1. The molecule has 0 fully saturated rings. The standard InChI is InChI=1S/C14H18ClN5O/c1-4-21-14-18-12(16-2)17-13(19-14)20(3)9-10-6-5-7-11(15)8-10/h5-8H,4,9H2,1-3H3,(H,16,17,18,19). The smallest absolute Gasteiger partial charge is 0.323 e. The molecule has 1 aromatic heterocycles. The normalized spacial score (nSPS) is 10.3. The van der Waals surface area contributed by atoms with Gasteiger partial charge in [-0.3, -0.25) is 0 Å². The van der Waals surface area contributed by atoms with Crippen LogP contribution in [0.5, 0.6) is 6.01 Å². The lowest BCUT2D eigenvalue weighted by Crippen LogP contribution is -2.20. The van der Waals surface area contributed by atoms with Crippen LogP contribution in [-0.4, -0.2) is 35.7 Å². The quantitative estimate of drug-likeness (QED) is 0.885.